The average Bonchev–Trinajstić information content (AvgIpc) is 2.85. The Morgan fingerprint density at radius 2 is 1.12 bits per heavy atom. The van der Waals surface area contributed by atoms with E-state index >= 15 is 0 Å². The number of aliphatic carboxylic acids is 1. The SMILES string of the molecule is O=C(O)C1[C@H](c2ccccc2)C(C(=O)OC2CCCC[C@H]2c2ccccc2)[C@H]1c1ccccc1. The second kappa shape index (κ2) is 9.84. The minimum Gasteiger partial charge on any atom is -0.481 e. The van der Waals surface area contributed by atoms with Crippen LogP contribution in [0.1, 0.15) is 60.1 Å². The number of carbonyl (C=O) groups excluding carboxylic acids is 1. The van der Waals surface area contributed by atoms with E-state index in [-0.39, 0.29) is 18.0 Å². The van der Waals surface area contributed by atoms with Crippen LogP contribution in [0.5, 0.6) is 0 Å². The van der Waals surface area contributed by atoms with Crippen LogP contribution in [-0.2, 0) is 14.3 Å². The van der Waals surface area contributed by atoms with Gasteiger partial charge in [0.15, 0.2) is 0 Å². The number of carbonyl (C=O) groups is 2. The van der Waals surface area contributed by atoms with Crippen LogP contribution in [0.4, 0.5) is 0 Å². The Balaban J connectivity index is 1.46. The molecule has 0 spiro atoms. The van der Waals surface area contributed by atoms with Crippen LogP contribution in [-0.4, -0.2) is 23.1 Å². The van der Waals surface area contributed by atoms with Crippen molar-refractivity contribution in [2.75, 3.05) is 0 Å². The van der Waals surface area contributed by atoms with E-state index < -0.39 is 29.6 Å². The summed E-state index contributed by atoms with van der Waals surface area (Å²) in [5.41, 5.74) is 2.97. The molecule has 1 N–H and O–H groups in total. The normalized spacial score (nSPS) is 28.5. The fourth-order valence-corrected chi connectivity index (χ4v) is 6.08. The van der Waals surface area contributed by atoms with E-state index in [1.54, 1.807) is 0 Å². The Bertz CT molecular complexity index is 1060. The van der Waals surface area contributed by atoms with E-state index in [4.69, 9.17) is 4.74 Å². The van der Waals surface area contributed by atoms with Crippen LogP contribution in [0.2, 0.25) is 0 Å². The Hall–Kier alpha value is -3.40. The van der Waals surface area contributed by atoms with Crippen molar-refractivity contribution in [2.45, 2.75) is 49.5 Å². The zero-order valence-electron chi connectivity index (χ0n) is 19.1. The summed E-state index contributed by atoms with van der Waals surface area (Å²) in [4.78, 5) is 26.2. The van der Waals surface area contributed by atoms with Gasteiger partial charge in [-0.2, -0.15) is 0 Å². The first-order valence-electron chi connectivity index (χ1n) is 12.2. The first kappa shape index (κ1) is 22.4. The van der Waals surface area contributed by atoms with Gasteiger partial charge in [-0.3, -0.25) is 9.59 Å². The molecule has 3 aromatic rings. The van der Waals surface area contributed by atoms with Gasteiger partial charge in [-0.1, -0.05) is 97.4 Å². The Morgan fingerprint density at radius 1 is 0.647 bits per heavy atom. The summed E-state index contributed by atoms with van der Waals surface area (Å²) in [5.74, 6) is -2.97. The molecular weight excluding hydrogens is 424 g/mol. The van der Waals surface area contributed by atoms with E-state index in [9.17, 15) is 14.7 Å². The second-order valence-electron chi connectivity index (χ2n) is 9.54. The lowest BCUT2D eigenvalue weighted by Gasteiger charge is -2.49. The predicted octanol–water partition coefficient (Wildman–Crippen LogP) is 6.15. The quantitative estimate of drug-likeness (QED) is 0.454. The molecule has 2 aliphatic carbocycles. The number of carboxylic acid groups (broad SMARTS) is 1. The molecule has 4 atom stereocenters. The van der Waals surface area contributed by atoms with Crippen molar-refractivity contribution in [3.8, 4) is 0 Å². The largest absolute Gasteiger partial charge is 0.481 e. The summed E-state index contributed by atoms with van der Waals surface area (Å²) >= 11 is 0. The van der Waals surface area contributed by atoms with E-state index in [2.05, 4.69) is 12.1 Å². The lowest BCUT2D eigenvalue weighted by Crippen LogP contribution is -2.52. The van der Waals surface area contributed by atoms with Gasteiger partial charge in [-0.05, 0) is 36.0 Å². The fraction of sp³-hybridized carbons (Fsp3) is 0.333. The minimum absolute atomic E-state index is 0.180. The molecule has 0 aliphatic heterocycles. The molecule has 174 valence electrons. The summed E-state index contributed by atoms with van der Waals surface area (Å²) < 4.78 is 6.26. The molecule has 34 heavy (non-hydrogen) atoms. The van der Waals surface area contributed by atoms with Crippen LogP contribution in [0.25, 0.3) is 0 Å². The van der Waals surface area contributed by atoms with Crippen LogP contribution in [0.15, 0.2) is 91.0 Å². The third-order valence-corrected chi connectivity index (χ3v) is 7.67. The summed E-state index contributed by atoms with van der Waals surface area (Å²) in [6.07, 6.45) is 3.81. The molecule has 4 nitrogen and oxygen atoms in total. The zero-order valence-corrected chi connectivity index (χ0v) is 19.1. The highest BCUT2D eigenvalue weighted by atomic mass is 16.5. The van der Waals surface area contributed by atoms with Gasteiger partial charge >= 0.3 is 11.9 Å². The average molecular weight is 455 g/mol. The maximum Gasteiger partial charge on any atom is 0.310 e. The molecule has 0 saturated heterocycles. The van der Waals surface area contributed by atoms with Gasteiger partial charge in [0.2, 0.25) is 0 Å². The minimum atomic E-state index is -0.869. The molecule has 2 saturated carbocycles. The first-order valence-corrected chi connectivity index (χ1v) is 12.2. The van der Waals surface area contributed by atoms with Crippen molar-refractivity contribution in [1.82, 2.24) is 0 Å². The van der Waals surface area contributed by atoms with Gasteiger partial charge in [0, 0.05) is 17.8 Å². The number of ether oxygens (including phenoxy) is 1. The standard InChI is InChI=1S/C30H30O4/c31-29(32)27-25(21-14-6-2-7-15-21)28(26(27)22-16-8-3-9-17-22)30(33)34-24-19-11-10-18-23(24)20-12-4-1-5-13-20/h1-9,12-17,23-28H,10-11,18-19H2,(H,31,32)/t23-,24?,25-,26-,27?,28?/m0/s1. The van der Waals surface area contributed by atoms with Gasteiger partial charge in [-0.15, -0.1) is 0 Å². The number of hydrogen-bond acceptors (Lipinski definition) is 3. The molecule has 5 rings (SSSR count). The number of rotatable bonds is 6. The van der Waals surface area contributed by atoms with Gasteiger partial charge in [0.1, 0.15) is 6.10 Å². The lowest BCUT2D eigenvalue weighted by molar-refractivity contribution is -0.170. The second-order valence-corrected chi connectivity index (χ2v) is 9.54. The number of benzene rings is 3. The van der Waals surface area contributed by atoms with Gasteiger partial charge in [0.05, 0.1) is 11.8 Å². The van der Waals surface area contributed by atoms with Crippen molar-refractivity contribution in [1.29, 1.82) is 0 Å². The molecule has 2 fully saturated rings. The summed E-state index contributed by atoms with van der Waals surface area (Å²) in [6.45, 7) is 0. The Labute approximate surface area is 200 Å². The van der Waals surface area contributed by atoms with E-state index in [1.165, 1.54) is 5.56 Å². The Kier molecular flexibility index (Phi) is 6.48. The summed E-state index contributed by atoms with van der Waals surface area (Å²) in [6, 6.07) is 29.4. The monoisotopic (exact) mass is 454 g/mol. The van der Waals surface area contributed by atoms with Crippen LogP contribution < -0.4 is 0 Å². The van der Waals surface area contributed by atoms with Crippen molar-refractivity contribution in [2.24, 2.45) is 11.8 Å². The van der Waals surface area contributed by atoms with E-state index in [0.717, 1.165) is 36.8 Å². The lowest BCUT2D eigenvalue weighted by atomic mass is 9.52. The van der Waals surface area contributed by atoms with Gasteiger partial charge in [-0.25, -0.2) is 0 Å². The molecular formula is C30H30O4. The molecule has 0 heterocycles. The number of carboxylic acids is 1. The highest BCUT2D eigenvalue weighted by Crippen LogP contribution is 2.58. The molecule has 2 aliphatic rings. The fourth-order valence-electron chi connectivity index (χ4n) is 6.08. The van der Waals surface area contributed by atoms with Gasteiger partial charge in [0.25, 0.3) is 0 Å². The van der Waals surface area contributed by atoms with E-state index in [1.807, 2.05) is 78.9 Å². The molecule has 1 unspecified atom stereocenters. The van der Waals surface area contributed by atoms with Crippen LogP contribution in [0.3, 0.4) is 0 Å². The van der Waals surface area contributed by atoms with E-state index in [0.29, 0.717) is 0 Å². The highest BCUT2D eigenvalue weighted by Gasteiger charge is 2.59. The number of esters is 1. The molecule has 3 aromatic carbocycles. The zero-order chi connectivity index (χ0) is 23.5. The summed E-state index contributed by atoms with van der Waals surface area (Å²) in [7, 11) is 0. The van der Waals surface area contributed by atoms with Crippen molar-refractivity contribution >= 4 is 11.9 Å². The molecule has 4 heteroatoms. The Morgan fingerprint density at radius 3 is 1.62 bits per heavy atom. The topological polar surface area (TPSA) is 63.6 Å². The van der Waals surface area contributed by atoms with Gasteiger partial charge < -0.3 is 9.84 Å². The maximum absolute atomic E-state index is 13.8. The van der Waals surface area contributed by atoms with Crippen molar-refractivity contribution in [3.05, 3.63) is 108 Å². The molecule has 0 aromatic heterocycles. The molecule has 0 amide bonds. The highest BCUT2D eigenvalue weighted by molar-refractivity contribution is 5.84. The predicted molar refractivity (Wildman–Crippen MR) is 131 cm³/mol. The third kappa shape index (κ3) is 4.25. The summed E-state index contributed by atoms with van der Waals surface area (Å²) in [5, 5.41) is 10.2. The van der Waals surface area contributed by atoms with Crippen LogP contribution >= 0.6 is 0 Å². The molecule has 0 bridgehead atoms. The molecule has 0 radical (unpaired) electrons. The smallest absolute Gasteiger partial charge is 0.310 e. The number of hydrogen-bond donors (Lipinski definition) is 1. The maximum atomic E-state index is 13.8. The first-order chi connectivity index (χ1) is 16.6. The van der Waals surface area contributed by atoms with Crippen LogP contribution in [0, 0.1) is 11.8 Å². The van der Waals surface area contributed by atoms with Crippen molar-refractivity contribution in [3.63, 3.8) is 0 Å². The third-order valence-electron chi connectivity index (χ3n) is 7.67. The van der Waals surface area contributed by atoms with Crippen molar-refractivity contribution < 1.29 is 19.4 Å².